The first-order chi connectivity index (χ1) is 7.81. The van der Waals surface area contributed by atoms with Crippen LogP contribution in [-0.4, -0.2) is 28.5 Å². The molecule has 0 saturated carbocycles. The maximum absolute atomic E-state index is 11.8. The van der Waals surface area contributed by atoms with Crippen molar-refractivity contribution in [3.63, 3.8) is 0 Å². The predicted molar refractivity (Wildman–Crippen MR) is 60.7 cm³/mol. The predicted octanol–water partition coefficient (Wildman–Crippen LogP) is 0.116. The molecular weight excluding hydrogens is 204 g/mol. The van der Waals surface area contributed by atoms with Crippen molar-refractivity contribution in [1.29, 1.82) is 0 Å². The molecule has 2 rings (SSSR count). The highest BCUT2D eigenvalue weighted by atomic mass is 16.2. The molecule has 1 aromatic heterocycles. The van der Waals surface area contributed by atoms with Crippen LogP contribution < -0.4 is 10.6 Å². The molecule has 1 aromatic rings. The molecule has 2 heterocycles. The summed E-state index contributed by atoms with van der Waals surface area (Å²) in [6.07, 6.45) is 4.91. The molecule has 3 N–H and O–H groups in total. The molecule has 5 nitrogen and oxygen atoms in total. The first-order valence-electron chi connectivity index (χ1n) is 5.44. The number of nitrogens with zero attached hydrogens (tertiary/aromatic N) is 1. The first-order valence-corrected chi connectivity index (χ1v) is 5.44. The Morgan fingerprint density at radius 1 is 1.75 bits per heavy atom. The second-order valence-corrected chi connectivity index (χ2v) is 3.83. The van der Waals surface area contributed by atoms with E-state index in [0.717, 1.165) is 17.8 Å². The number of fused-ring (bicyclic) bond motifs is 1. The van der Waals surface area contributed by atoms with E-state index in [9.17, 15) is 4.79 Å². The van der Waals surface area contributed by atoms with Gasteiger partial charge in [-0.15, -0.1) is 6.58 Å². The molecule has 0 fully saturated rings. The lowest BCUT2D eigenvalue weighted by atomic mass is 10.0. The summed E-state index contributed by atoms with van der Waals surface area (Å²) < 4.78 is 0. The molecule has 1 aliphatic rings. The SMILES string of the molecule is C=CCCNC(=O)C1Cc2nc[nH]c2CN1. The topological polar surface area (TPSA) is 69.8 Å². The van der Waals surface area contributed by atoms with Gasteiger partial charge in [-0.1, -0.05) is 6.08 Å². The molecule has 0 aromatic carbocycles. The lowest BCUT2D eigenvalue weighted by Crippen LogP contribution is -2.47. The number of hydrogen-bond acceptors (Lipinski definition) is 3. The minimum atomic E-state index is -0.166. The van der Waals surface area contributed by atoms with Crippen molar-refractivity contribution in [2.75, 3.05) is 6.54 Å². The lowest BCUT2D eigenvalue weighted by Gasteiger charge is -2.22. The Balaban J connectivity index is 1.88. The zero-order valence-electron chi connectivity index (χ0n) is 9.12. The highest BCUT2D eigenvalue weighted by molar-refractivity contribution is 5.82. The first kappa shape index (κ1) is 10.9. The fourth-order valence-corrected chi connectivity index (χ4v) is 1.78. The number of rotatable bonds is 4. The van der Waals surface area contributed by atoms with E-state index in [-0.39, 0.29) is 11.9 Å². The van der Waals surface area contributed by atoms with Gasteiger partial charge in [-0.2, -0.15) is 0 Å². The zero-order valence-corrected chi connectivity index (χ0v) is 9.12. The van der Waals surface area contributed by atoms with Crippen molar-refractivity contribution < 1.29 is 4.79 Å². The van der Waals surface area contributed by atoms with Crippen LogP contribution in [0.2, 0.25) is 0 Å². The van der Waals surface area contributed by atoms with Crippen molar-refractivity contribution >= 4 is 5.91 Å². The van der Waals surface area contributed by atoms with Crippen molar-refractivity contribution in [2.45, 2.75) is 25.4 Å². The van der Waals surface area contributed by atoms with E-state index in [2.05, 4.69) is 27.2 Å². The van der Waals surface area contributed by atoms with Gasteiger partial charge in [-0.25, -0.2) is 4.98 Å². The summed E-state index contributed by atoms with van der Waals surface area (Å²) in [7, 11) is 0. The van der Waals surface area contributed by atoms with Gasteiger partial charge in [0, 0.05) is 19.5 Å². The molecule has 1 amide bonds. The third-order valence-electron chi connectivity index (χ3n) is 2.69. The Labute approximate surface area is 94.3 Å². The normalized spacial score (nSPS) is 18.9. The minimum absolute atomic E-state index is 0.0375. The standard InChI is InChI=1S/C11H16N4O/c1-2-3-4-12-11(16)9-5-8-10(6-13-9)15-7-14-8/h2,7,9,13H,1,3-6H2,(H,12,16)(H,14,15). The van der Waals surface area contributed by atoms with Crippen LogP contribution in [0.5, 0.6) is 0 Å². The molecule has 5 heteroatoms. The number of imidazole rings is 1. The van der Waals surface area contributed by atoms with E-state index < -0.39 is 0 Å². The number of aromatic amines is 1. The van der Waals surface area contributed by atoms with Crippen LogP contribution in [0.15, 0.2) is 19.0 Å². The number of aromatic nitrogens is 2. The Bertz CT molecular complexity index is 385. The summed E-state index contributed by atoms with van der Waals surface area (Å²) >= 11 is 0. The highest BCUT2D eigenvalue weighted by Gasteiger charge is 2.25. The molecule has 1 aliphatic heterocycles. The van der Waals surface area contributed by atoms with Gasteiger partial charge in [0.25, 0.3) is 0 Å². The summed E-state index contributed by atoms with van der Waals surface area (Å²) in [6, 6.07) is -0.166. The zero-order chi connectivity index (χ0) is 11.4. The van der Waals surface area contributed by atoms with Crippen molar-refractivity contribution in [2.24, 2.45) is 0 Å². The Kier molecular flexibility index (Phi) is 3.36. The molecule has 0 spiro atoms. The Morgan fingerprint density at radius 3 is 3.44 bits per heavy atom. The van der Waals surface area contributed by atoms with E-state index in [1.807, 2.05) is 0 Å². The van der Waals surface area contributed by atoms with Crippen LogP contribution in [0.25, 0.3) is 0 Å². The van der Waals surface area contributed by atoms with Gasteiger partial charge in [0.15, 0.2) is 0 Å². The highest BCUT2D eigenvalue weighted by Crippen LogP contribution is 2.11. The quantitative estimate of drug-likeness (QED) is 0.498. The van der Waals surface area contributed by atoms with Gasteiger partial charge in [-0.05, 0) is 6.42 Å². The number of carbonyl (C=O) groups is 1. The summed E-state index contributed by atoms with van der Waals surface area (Å²) in [5.74, 6) is 0.0375. The van der Waals surface area contributed by atoms with Crippen LogP contribution in [0.3, 0.4) is 0 Å². The van der Waals surface area contributed by atoms with Crippen LogP contribution in [0, 0.1) is 0 Å². The molecule has 0 radical (unpaired) electrons. The average molecular weight is 220 g/mol. The minimum Gasteiger partial charge on any atom is -0.354 e. The van der Waals surface area contributed by atoms with Crippen LogP contribution in [-0.2, 0) is 17.8 Å². The number of nitrogens with one attached hydrogen (secondary N) is 3. The van der Waals surface area contributed by atoms with Gasteiger partial charge < -0.3 is 10.3 Å². The molecule has 86 valence electrons. The molecule has 0 aliphatic carbocycles. The van der Waals surface area contributed by atoms with Gasteiger partial charge in [0.05, 0.1) is 23.8 Å². The van der Waals surface area contributed by atoms with Gasteiger partial charge in [0.1, 0.15) is 0 Å². The Morgan fingerprint density at radius 2 is 2.62 bits per heavy atom. The Hall–Kier alpha value is -1.62. The molecule has 1 atom stereocenters. The summed E-state index contributed by atoms with van der Waals surface area (Å²) in [5.41, 5.74) is 2.07. The third kappa shape index (κ3) is 2.30. The summed E-state index contributed by atoms with van der Waals surface area (Å²) in [6.45, 7) is 4.93. The van der Waals surface area contributed by atoms with E-state index in [1.165, 1.54) is 0 Å². The smallest absolute Gasteiger partial charge is 0.237 e. The number of H-pyrrole nitrogens is 1. The van der Waals surface area contributed by atoms with E-state index in [0.29, 0.717) is 19.5 Å². The third-order valence-corrected chi connectivity index (χ3v) is 2.69. The van der Waals surface area contributed by atoms with Gasteiger partial charge in [0.2, 0.25) is 5.91 Å². The van der Waals surface area contributed by atoms with Crippen LogP contribution in [0.4, 0.5) is 0 Å². The number of amides is 1. The fourth-order valence-electron chi connectivity index (χ4n) is 1.78. The number of hydrogen-bond donors (Lipinski definition) is 3. The van der Waals surface area contributed by atoms with Gasteiger partial charge in [-0.3, -0.25) is 10.1 Å². The number of carbonyl (C=O) groups excluding carboxylic acids is 1. The lowest BCUT2D eigenvalue weighted by molar-refractivity contribution is -0.123. The maximum Gasteiger partial charge on any atom is 0.237 e. The van der Waals surface area contributed by atoms with Crippen molar-refractivity contribution in [1.82, 2.24) is 20.6 Å². The van der Waals surface area contributed by atoms with Gasteiger partial charge >= 0.3 is 0 Å². The molecule has 0 saturated heterocycles. The second kappa shape index (κ2) is 4.94. The molecule has 16 heavy (non-hydrogen) atoms. The second-order valence-electron chi connectivity index (χ2n) is 3.83. The van der Waals surface area contributed by atoms with Crippen LogP contribution >= 0.6 is 0 Å². The summed E-state index contributed by atoms with van der Waals surface area (Å²) in [5, 5.41) is 6.04. The van der Waals surface area contributed by atoms with Crippen molar-refractivity contribution in [3.8, 4) is 0 Å². The van der Waals surface area contributed by atoms with Crippen molar-refractivity contribution in [3.05, 3.63) is 30.4 Å². The largest absolute Gasteiger partial charge is 0.354 e. The molecule has 1 unspecified atom stereocenters. The fraction of sp³-hybridized carbons (Fsp3) is 0.455. The van der Waals surface area contributed by atoms with E-state index in [1.54, 1.807) is 12.4 Å². The van der Waals surface area contributed by atoms with Crippen LogP contribution in [0.1, 0.15) is 17.8 Å². The summed E-state index contributed by atoms with van der Waals surface area (Å²) in [4.78, 5) is 19.0. The van der Waals surface area contributed by atoms with E-state index in [4.69, 9.17) is 0 Å². The maximum atomic E-state index is 11.8. The monoisotopic (exact) mass is 220 g/mol. The average Bonchev–Trinajstić information content (AvgIpc) is 2.76. The molecular formula is C11H16N4O. The van der Waals surface area contributed by atoms with E-state index >= 15 is 0 Å². The molecule has 0 bridgehead atoms.